The molecule has 3 rings (SSSR count). The van der Waals surface area contributed by atoms with E-state index in [9.17, 15) is 9.59 Å². The van der Waals surface area contributed by atoms with E-state index in [1.165, 1.54) is 7.11 Å². The van der Waals surface area contributed by atoms with E-state index in [0.29, 0.717) is 22.8 Å². The normalized spacial score (nSPS) is 19.0. The van der Waals surface area contributed by atoms with Crippen molar-refractivity contribution in [3.8, 4) is 11.5 Å². The van der Waals surface area contributed by atoms with E-state index < -0.39 is 0 Å². The van der Waals surface area contributed by atoms with Gasteiger partial charge in [-0.2, -0.15) is 0 Å². The number of carbonyl (C=O) groups excluding carboxylic acids is 2. The maximum atomic E-state index is 12.7. The standard InChI is InChI=1S/C19H18O4/c1-12-10-16(12)19(21)23-17-11-14(22-2)8-9-15(17)18(20)13-6-4-3-5-7-13/h3-9,11-12,16H,10H2,1-2H3. The van der Waals surface area contributed by atoms with Gasteiger partial charge >= 0.3 is 5.97 Å². The Morgan fingerprint density at radius 1 is 1.09 bits per heavy atom. The second kappa shape index (κ2) is 6.24. The van der Waals surface area contributed by atoms with Gasteiger partial charge in [0, 0.05) is 11.6 Å². The Kier molecular flexibility index (Phi) is 4.15. The maximum Gasteiger partial charge on any atom is 0.314 e. The molecule has 1 fully saturated rings. The number of ketones is 1. The first kappa shape index (κ1) is 15.3. The third-order valence-electron chi connectivity index (χ3n) is 4.09. The number of esters is 1. The molecule has 0 amide bonds. The molecule has 0 spiro atoms. The molecule has 0 aromatic heterocycles. The number of rotatable bonds is 5. The van der Waals surface area contributed by atoms with Crippen molar-refractivity contribution in [2.24, 2.45) is 11.8 Å². The molecule has 4 heteroatoms. The number of hydrogen-bond donors (Lipinski definition) is 0. The van der Waals surface area contributed by atoms with Crippen LogP contribution in [0.3, 0.4) is 0 Å². The summed E-state index contributed by atoms with van der Waals surface area (Å²) in [5, 5.41) is 0. The Bertz CT molecular complexity index is 736. The average molecular weight is 310 g/mol. The second-order valence-corrected chi connectivity index (χ2v) is 5.80. The first-order valence-electron chi connectivity index (χ1n) is 7.59. The van der Waals surface area contributed by atoms with Crippen LogP contribution in [0.2, 0.25) is 0 Å². The molecule has 118 valence electrons. The summed E-state index contributed by atoms with van der Waals surface area (Å²) >= 11 is 0. The summed E-state index contributed by atoms with van der Waals surface area (Å²) in [5.74, 6) is 0.610. The molecule has 2 aromatic rings. The zero-order valence-electron chi connectivity index (χ0n) is 13.1. The van der Waals surface area contributed by atoms with Gasteiger partial charge in [-0.15, -0.1) is 0 Å². The van der Waals surface area contributed by atoms with Crippen molar-refractivity contribution in [3.05, 3.63) is 59.7 Å². The van der Waals surface area contributed by atoms with Crippen LogP contribution in [0, 0.1) is 11.8 Å². The fourth-order valence-corrected chi connectivity index (χ4v) is 2.48. The van der Waals surface area contributed by atoms with Crippen LogP contribution in [-0.4, -0.2) is 18.9 Å². The third kappa shape index (κ3) is 3.26. The van der Waals surface area contributed by atoms with Crippen LogP contribution >= 0.6 is 0 Å². The van der Waals surface area contributed by atoms with Gasteiger partial charge in [0.15, 0.2) is 5.78 Å². The number of methoxy groups -OCH3 is 1. The second-order valence-electron chi connectivity index (χ2n) is 5.80. The average Bonchev–Trinajstić information content (AvgIpc) is 3.32. The van der Waals surface area contributed by atoms with Crippen molar-refractivity contribution >= 4 is 11.8 Å². The topological polar surface area (TPSA) is 52.6 Å². The number of carbonyl (C=O) groups is 2. The molecule has 0 saturated heterocycles. The summed E-state index contributed by atoms with van der Waals surface area (Å²) in [5.41, 5.74) is 0.911. The zero-order valence-corrected chi connectivity index (χ0v) is 13.1. The molecule has 2 unspecified atom stereocenters. The van der Waals surface area contributed by atoms with Crippen LogP contribution in [0.25, 0.3) is 0 Å². The molecule has 0 N–H and O–H groups in total. The Hall–Kier alpha value is -2.62. The van der Waals surface area contributed by atoms with Gasteiger partial charge < -0.3 is 9.47 Å². The highest BCUT2D eigenvalue weighted by Gasteiger charge is 2.41. The molecule has 1 aliphatic carbocycles. The van der Waals surface area contributed by atoms with Gasteiger partial charge in [0.25, 0.3) is 0 Å². The van der Waals surface area contributed by atoms with Crippen LogP contribution in [0.4, 0.5) is 0 Å². The summed E-state index contributed by atoms with van der Waals surface area (Å²) in [6, 6.07) is 13.8. The van der Waals surface area contributed by atoms with E-state index in [-0.39, 0.29) is 23.4 Å². The Labute approximate surface area is 135 Å². The molecular formula is C19H18O4. The quantitative estimate of drug-likeness (QED) is 0.482. The van der Waals surface area contributed by atoms with Crippen LogP contribution in [0.15, 0.2) is 48.5 Å². The lowest BCUT2D eigenvalue weighted by molar-refractivity contribution is -0.136. The minimum Gasteiger partial charge on any atom is -0.497 e. The number of hydrogen-bond acceptors (Lipinski definition) is 4. The van der Waals surface area contributed by atoms with Crippen LogP contribution in [0.1, 0.15) is 29.3 Å². The van der Waals surface area contributed by atoms with E-state index in [1.807, 2.05) is 13.0 Å². The van der Waals surface area contributed by atoms with Crippen LogP contribution < -0.4 is 9.47 Å². The highest BCUT2D eigenvalue weighted by atomic mass is 16.5. The van der Waals surface area contributed by atoms with E-state index in [0.717, 1.165) is 6.42 Å². The van der Waals surface area contributed by atoms with E-state index >= 15 is 0 Å². The van der Waals surface area contributed by atoms with Crippen molar-refractivity contribution in [3.63, 3.8) is 0 Å². The van der Waals surface area contributed by atoms with E-state index in [4.69, 9.17) is 9.47 Å². The Balaban J connectivity index is 1.92. The Morgan fingerprint density at radius 2 is 1.78 bits per heavy atom. The first-order chi connectivity index (χ1) is 11.1. The van der Waals surface area contributed by atoms with Gasteiger partial charge in [0.2, 0.25) is 0 Å². The van der Waals surface area contributed by atoms with E-state index in [2.05, 4.69) is 0 Å². The van der Waals surface area contributed by atoms with Crippen LogP contribution in [0.5, 0.6) is 11.5 Å². The van der Waals surface area contributed by atoms with Crippen molar-refractivity contribution in [1.82, 2.24) is 0 Å². The lowest BCUT2D eigenvalue weighted by atomic mass is 10.0. The van der Waals surface area contributed by atoms with Crippen molar-refractivity contribution in [1.29, 1.82) is 0 Å². The van der Waals surface area contributed by atoms with E-state index in [1.54, 1.807) is 42.5 Å². The molecule has 0 radical (unpaired) electrons. The van der Waals surface area contributed by atoms with Crippen molar-refractivity contribution in [2.45, 2.75) is 13.3 Å². The summed E-state index contributed by atoms with van der Waals surface area (Å²) in [6.45, 7) is 2.01. The first-order valence-corrected chi connectivity index (χ1v) is 7.59. The molecule has 2 aromatic carbocycles. The van der Waals surface area contributed by atoms with Gasteiger partial charge in [-0.05, 0) is 24.5 Å². The third-order valence-corrected chi connectivity index (χ3v) is 4.09. The molecular weight excluding hydrogens is 292 g/mol. The summed E-state index contributed by atoms with van der Waals surface area (Å²) < 4.78 is 10.7. The molecule has 4 nitrogen and oxygen atoms in total. The molecule has 23 heavy (non-hydrogen) atoms. The highest BCUT2D eigenvalue weighted by Crippen LogP contribution is 2.39. The predicted molar refractivity (Wildman–Crippen MR) is 85.8 cm³/mol. The lowest BCUT2D eigenvalue weighted by Gasteiger charge is -2.11. The number of ether oxygens (including phenoxy) is 2. The summed E-state index contributed by atoms with van der Waals surface area (Å²) in [7, 11) is 1.53. The van der Waals surface area contributed by atoms with Gasteiger partial charge in [-0.3, -0.25) is 9.59 Å². The molecule has 2 atom stereocenters. The van der Waals surface area contributed by atoms with Gasteiger partial charge in [0.1, 0.15) is 11.5 Å². The highest BCUT2D eigenvalue weighted by molar-refractivity contribution is 6.11. The monoisotopic (exact) mass is 310 g/mol. The Morgan fingerprint density at radius 3 is 2.39 bits per heavy atom. The van der Waals surface area contributed by atoms with Crippen LogP contribution in [-0.2, 0) is 4.79 Å². The fraction of sp³-hybridized carbons (Fsp3) is 0.263. The minimum atomic E-state index is -0.284. The smallest absolute Gasteiger partial charge is 0.314 e. The van der Waals surface area contributed by atoms with Crippen molar-refractivity contribution < 1.29 is 19.1 Å². The maximum absolute atomic E-state index is 12.7. The number of benzene rings is 2. The fourth-order valence-electron chi connectivity index (χ4n) is 2.48. The zero-order chi connectivity index (χ0) is 16.4. The molecule has 0 heterocycles. The summed E-state index contributed by atoms with van der Waals surface area (Å²) in [4.78, 5) is 24.8. The van der Waals surface area contributed by atoms with Crippen molar-refractivity contribution in [2.75, 3.05) is 7.11 Å². The molecule has 1 aliphatic rings. The molecule has 1 saturated carbocycles. The predicted octanol–water partition coefficient (Wildman–Crippen LogP) is 3.49. The molecule has 0 bridgehead atoms. The minimum absolute atomic E-state index is 0.0686. The molecule has 0 aliphatic heterocycles. The SMILES string of the molecule is COc1ccc(C(=O)c2ccccc2)c(OC(=O)C2CC2C)c1. The van der Waals surface area contributed by atoms with Gasteiger partial charge in [-0.25, -0.2) is 0 Å². The lowest BCUT2D eigenvalue weighted by Crippen LogP contribution is -2.14. The summed E-state index contributed by atoms with van der Waals surface area (Å²) in [6.07, 6.45) is 0.838. The van der Waals surface area contributed by atoms with Gasteiger partial charge in [0.05, 0.1) is 18.6 Å². The largest absolute Gasteiger partial charge is 0.497 e. The van der Waals surface area contributed by atoms with Gasteiger partial charge in [-0.1, -0.05) is 37.3 Å².